The van der Waals surface area contributed by atoms with Gasteiger partial charge in [-0.05, 0) is 51.4 Å². The number of hydrogen-bond donors (Lipinski definition) is 0. The van der Waals surface area contributed by atoms with E-state index in [0.717, 1.165) is 51.4 Å². The first kappa shape index (κ1) is 19.7. The number of carbonyl (C=O) groups excluding carboxylic acids is 2. The zero-order valence-electron chi connectivity index (χ0n) is 15.1. The van der Waals surface area contributed by atoms with Crippen LogP contribution in [0.15, 0.2) is 24.3 Å². The number of esters is 2. The second kappa shape index (κ2) is 10.4. The molecule has 0 spiro atoms. The molecule has 0 aromatic carbocycles. The molecule has 0 unspecified atom stereocenters. The van der Waals surface area contributed by atoms with E-state index in [1.54, 1.807) is 0 Å². The zero-order chi connectivity index (χ0) is 18.1. The molecule has 0 amide bonds. The van der Waals surface area contributed by atoms with Crippen LogP contribution in [0, 0.1) is 0 Å². The van der Waals surface area contributed by atoms with Crippen molar-refractivity contribution in [3.8, 4) is 0 Å². The first-order valence-electron chi connectivity index (χ1n) is 9.41. The fourth-order valence-electron chi connectivity index (χ4n) is 3.25. The van der Waals surface area contributed by atoms with E-state index < -0.39 is 11.9 Å². The standard InChI is InChI=1S/C20H30O5/c1-15(19(21)24-17-9-5-3-6-10-17)13-23-14-16(2)20(22)25-18-11-7-4-8-12-18/h17-18H,1-14H2. The smallest absolute Gasteiger partial charge is 0.336 e. The van der Waals surface area contributed by atoms with Gasteiger partial charge >= 0.3 is 11.9 Å². The van der Waals surface area contributed by atoms with E-state index in [2.05, 4.69) is 13.2 Å². The zero-order valence-corrected chi connectivity index (χ0v) is 15.1. The van der Waals surface area contributed by atoms with Crippen molar-refractivity contribution in [2.45, 2.75) is 76.4 Å². The van der Waals surface area contributed by atoms with Gasteiger partial charge in [0.1, 0.15) is 12.2 Å². The summed E-state index contributed by atoms with van der Waals surface area (Å²) < 4.78 is 16.2. The summed E-state index contributed by atoms with van der Waals surface area (Å²) in [6.45, 7) is 7.48. The van der Waals surface area contributed by atoms with Crippen LogP contribution in [0.3, 0.4) is 0 Å². The van der Waals surface area contributed by atoms with Gasteiger partial charge in [-0.15, -0.1) is 0 Å². The first-order chi connectivity index (χ1) is 12.1. The van der Waals surface area contributed by atoms with Crippen molar-refractivity contribution in [1.29, 1.82) is 0 Å². The highest BCUT2D eigenvalue weighted by molar-refractivity contribution is 5.89. The third kappa shape index (κ3) is 7.02. The minimum atomic E-state index is -0.415. The van der Waals surface area contributed by atoms with E-state index >= 15 is 0 Å². The largest absolute Gasteiger partial charge is 0.459 e. The van der Waals surface area contributed by atoms with Crippen molar-refractivity contribution in [3.63, 3.8) is 0 Å². The predicted molar refractivity (Wildman–Crippen MR) is 95.0 cm³/mol. The maximum Gasteiger partial charge on any atom is 0.336 e. The van der Waals surface area contributed by atoms with Gasteiger partial charge in [0, 0.05) is 0 Å². The molecule has 0 radical (unpaired) electrons. The van der Waals surface area contributed by atoms with E-state index in [4.69, 9.17) is 14.2 Å². The van der Waals surface area contributed by atoms with Gasteiger partial charge in [0.05, 0.1) is 24.4 Å². The fraction of sp³-hybridized carbons (Fsp3) is 0.700. The van der Waals surface area contributed by atoms with Crippen LogP contribution in [0.25, 0.3) is 0 Å². The van der Waals surface area contributed by atoms with Gasteiger partial charge in [0.2, 0.25) is 0 Å². The Morgan fingerprint density at radius 3 is 1.40 bits per heavy atom. The second-order valence-corrected chi connectivity index (χ2v) is 7.03. The van der Waals surface area contributed by atoms with Gasteiger partial charge < -0.3 is 14.2 Å². The maximum atomic E-state index is 12.0. The van der Waals surface area contributed by atoms with Crippen LogP contribution in [0.5, 0.6) is 0 Å². The molecule has 0 N–H and O–H groups in total. The molecule has 0 aromatic heterocycles. The summed E-state index contributed by atoms with van der Waals surface area (Å²) in [4.78, 5) is 23.9. The van der Waals surface area contributed by atoms with Gasteiger partial charge in [-0.1, -0.05) is 26.0 Å². The Labute approximate surface area is 150 Å². The Hall–Kier alpha value is -1.62. The average molecular weight is 350 g/mol. The summed E-state index contributed by atoms with van der Waals surface area (Å²) >= 11 is 0. The van der Waals surface area contributed by atoms with Gasteiger partial charge in [-0.3, -0.25) is 0 Å². The quantitative estimate of drug-likeness (QED) is 0.491. The molecular weight excluding hydrogens is 320 g/mol. The molecule has 0 bridgehead atoms. The Morgan fingerprint density at radius 2 is 1.04 bits per heavy atom. The molecule has 25 heavy (non-hydrogen) atoms. The van der Waals surface area contributed by atoms with E-state index in [1.165, 1.54) is 12.8 Å². The van der Waals surface area contributed by atoms with Crippen LogP contribution >= 0.6 is 0 Å². The van der Waals surface area contributed by atoms with E-state index in [-0.39, 0.29) is 36.6 Å². The van der Waals surface area contributed by atoms with Crippen molar-refractivity contribution in [2.24, 2.45) is 0 Å². The molecule has 0 heterocycles. The monoisotopic (exact) mass is 350 g/mol. The molecule has 2 aliphatic carbocycles. The lowest BCUT2D eigenvalue weighted by molar-refractivity contribution is -0.146. The Balaban J connectivity index is 1.61. The highest BCUT2D eigenvalue weighted by atomic mass is 16.6. The van der Waals surface area contributed by atoms with Crippen molar-refractivity contribution < 1.29 is 23.8 Å². The second-order valence-electron chi connectivity index (χ2n) is 7.03. The van der Waals surface area contributed by atoms with Crippen LogP contribution < -0.4 is 0 Å². The average Bonchev–Trinajstić information content (AvgIpc) is 2.63. The summed E-state index contributed by atoms with van der Waals surface area (Å²) in [6, 6.07) is 0. The van der Waals surface area contributed by atoms with Crippen molar-refractivity contribution in [3.05, 3.63) is 24.3 Å². The summed E-state index contributed by atoms with van der Waals surface area (Å²) in [7, 11) is 0. The van der Waals surface area contributed by atoms with Crippen LogP contribution in [-0.4, -0.2) is 37.4 Å². The van der Waals surface area contributed by atoms with Crippen LogP contribution in [0.2, 0.25) is 0 Å². The SMILES string of the molecule is C=C(COCC(=C)C(=O)OC1CCCCC1)C(=O)OC1CCCCC1. The van der Waals surface area contributed by atoms with Gasteiger partial charge in [-0.2, -0.15) is 0 Å². The normalized spacial score (nSPS) is 19.2. The number of rotatable bonds is 8. The molecular formula is C20H30O5. The van der Waals surface area contributed by atoms with Crippen LogP contribution in [0.4, 0.5) is 0 Å². The molecule has 0 atom stereocenters. The lowest BCUT2D eigenvalue weighted by Gasteiger charge is -2.22. The van der Waals surface area contributed by atoms with Gasteiger partial charge in [0.25, 0.3) is 0 Å². The lowest BCUT2D eigenvalue weighted by Crippen LogP contribution is -2.24. The molecule has 2 saturated carbocycles. The third-order valence-electron chi connectivity index (χ3n) is 4.78. The van der Waals surface area contributed by atoms with E-state index in [1.807, 2.05) is 0 Å². The lowest BCUT2D eigenvalue weighted by atomic mass is 9.98. The minimum Gasteiger partial charge on any atom is -0.459 e. The predicted octanol–water partition coefficient (Wildman–Crippen LogP) is 3.87. The summed E-state index contributed by atoms with van der Waals surface area (Å²) in [5.41, 5.74) is 0.526. The minimum absolute atomic E-state index is 0.00145. The van der Waals surface area contributed by atoms with Crippen LogP contribution in [0.1, 0.15) is 64.2 Å². The molecule has 2 aliphatic rings. The summed E-state index contributed by atoms with van der Waals surface area (Å²) in [5.74, 6) is -0.829. The van der Waals surface area contributed by atoms with Gasteiger partial charge in [0.15, 0.2) is 0 Å². The topological polar surface area (TPSA) is 61.8 Å². The highest BCUT2D eigenvalue weighted by Crippen LogP contribution is 2.22. The van der Waals surface area contributed by atoms with Gasteiger partial charge in [-0.25, -0.2) is 9.59 Å². The number of hydrogen-bond acceptors (Lipinski definition) is 5. The number of ether oxygens (including phenoxy) is 3. The molecule has 5 nitrogen and oxygen atoms in total. The molecule has 2 fully saturated rings. The molecule has 5 heteroatoms. The fourth-order valence-corrected chi connectivity index (χ4v) is 3.25. The Morgan fingerprint density at radius 1 is 0.680 bits per heavy atom. The van der Waals surface area contributed by atoms with Crippen molar-refractivity contribution in [1.82, 2.24) is 0 Å². The summed E-state index contributed by atoms with van der Waals surface area (Å²) in [5, 5.41) is 0. The summed E-state index contributed by atoms with van der Waals surface area (Å²) in [6.07, 6.45) is 10.5. The number of carbonyl (C=O) groups is 2. The van der Waals surface area contributed by atoms with E-state index in [0.29, 0.717) is 0 Å². The van der Waals surface area contributed by atoms with Crippen LogP contribution in [-0.2, 0) is 23.8 Å². The first-order valence-corrected chi connectivity index (χ1v) is 9.41. The molecule has 140 valence electrons. The molecule has 2 rings (SSSR count). The molecule has 0 saturated heterocycles. The Bertz CT molecular complexity index is 440. The highest BCUT2D eigenvalue weighted by Gasteiger charge is 2.21. The Kier molecular flexibility index (Phi) is 8.19. The van der Waals surface area contributed by atoms with Crippen molar-refractivity contribution >= 4 is 11.9 Å². The molecule has 0 aliphatic heterocycles. The third-order valence-corrected chi connectivity index (χ3v) is 4.78. The van der Waals surface area contributed by atoms with E-state index in [9.17, 15) is 9.59 Å². The maximum absolute atomic E-state index is 12.0. The molecule has 0 aromatic rings. The van der Waals surface area contributed by atoms with Crippen molar-refractivity contribution in [2.75, 3.05) is 13.2 Å².